The Balaban J connectivity index is 1.20. The summed E-state index contributed by atoms with van der Waals surface area (Å²) in [5, 5.41) is 58.3. The van der Waals surface area contributed by atoms with Crippen LogP contribution in [0.2, 0.25) is 0 Å². The van der Waals surface area contributed by atoms with Gasteiger partial charge in [-0.15, -0.1) is 37.3 Å². The van der Waals surface area contributed by atoms with Crippen LogP contribution in [0.1, 0.15) is 40.7 Å². The molecule has 7 N–H and O–H groups in total. The van der Waals surface area contributed by atoms with Gasteiger partial charge in [0.15, 0.2) is 11.3 Å². The Kier molecular flexibility index (Phi) is 16.6. The fraction of sp³-hybridized carbons (Fsp3) is 0.222. The lowest BCUT2D eigenvalue weighted by molar-refractivity contribution is 0.282. The molecule has 0 unspecified atom stereocenters. The maximum absolute atomic E-state index is 12.5. The number of benzene rings is 5. The first-order valence-corrected chi connectivity index (χ1v) is 31.9. The maximum atomic E-state index is 12.5. The highest BCUT2D eigenvalue weighted by Crippen LogP contribution is 2.45. The molecule has 8 aromatic rings. The van der Waals surface area contributed by atoms with Crippen molar-refractivity contribution in [3.63, 3.8) is 0 Å². The molecule has 8 rings (SSSR count). The van der Waals surface area contributed by atoms with Crippen molar-refractivity contribution in [2.24, 2.45) is 30.7 Å². The number of ether oxygens (including phenoxy) is 1. The summed E-state index contributed by atoms with van der Waals surface area (Å²) in [5.41, 5.74) is -0.408. The SMILES string of the molecule is Cc1cc(N=Nc2c(C)c(C#N)c3nc4c(S(=O)(=O)O)c(C)ccc4n3c2O)c(OCCCS(=O)(=O)O)cc1N=Nc1cc(CO)c(N=Nc2nc3c(S(=O)(=O)O)cc4ccc(S(=O)(=O)O)cc4c3s2)cc1SCCCS(=O)(=O)O. The number of hydrogen-bond acceptors (Lipinski definition) is 24. The summed E-state index contributed by atoms with van der Waals surface area (Å²) in [7, 11) is -23.2. The lowest BCUT2D eigenvalue weighted by atomic mass is 10.1. The van der Waals surface area contributed by atoms with Crippen LogP contribution < -0.4 is 4.74 Å². The Labute approximate surface area is 462 Å². The Morgan fingerprint density at radius 1 is 0.700 bits per heavy atom. The van der Waals surface area contributed by atoms with Crippen molar-refractivity contribution in [1.82, 2.24) is 14.4 Å². The molecular weight excluding hydrogens is 1190 g/mol. The zero-order chi connectivity index (χ0) is 58.4. The van der Waals surface area contributed by atoms with Crippen LogP contribution in [-0.4, -0.2) is 113 Å². The zero-order valence-corrected chi connectivity index (χ0v) is 46.9. The van der Waals surface area contributed by atoms with Gasteiger partial charge in [-0.3, -0.25) is 27.2 Å². The Bertz CT molecular complexity index is 4640. The molecule has 0 radical (unpaired) electrons. The lowest BCUT2D eigenvalue weighted by Crippen LogP contribution is -2.08. The molecule has 0 saturated heterocycles. The van der Waals surface area contributed by atoms with Gasteiger partial charge in [-0.05, 0) is 98.3 Å². The molecule has 0 bridgehead atoms. The molecule has 0 saturated carbocycles. The van der Waals surface area contributed by atoms with Crippen LogP contribution in [0.25, 0.3) is 37.7 Å². The first-order valence-electron chi connectivity index (χ1n) is 22.6. The number of aromatic nitrogens is 3. The van der Waals surface area contributed by atoms with Gasteiger partial charge in [0.1, 0.15) is 43.9 Å². The van der Waals surface area contributed by atoms with Crippen LogP contribution in [0.5, 0.6) is 11.6 Å². The molecule has 0 aliphatic carbocycles. The van der Waals surface area contributed by atoms with Crippen LogP contribution in [0, 0.1) is 32.1 Å². The summed E-state index contributed by atoms with van der Waals surface area (Å²) in [5.74, 6) is -1.97. The normalized spacial score (nSPS) is 13.1. The average Bonchev–Trinajstić information content (AvgIpc) is 4.19. The number of thiazole rings is 1. The van der Waals surface area contributed by atoms with Gasteiger partial charge in [-0.2, -0.15) is 52.5 Å². The molecule has 0 aliphatic rings. The predicted octanol–water partition coefficient (Wildman–Crippen LogP) is 9.26. The Hall–Kier alpha value is -7.05. The number of imidazole rings is 1. The fourth-order valence-electron chi connectivity index (χ4n) is 8.00. The molecule has 3 heterocycles. The van der Waals surface area contributed by atoms with Gasteiger partial charge in [0.25, 0.3) is 50.6 Å². The minimum Gasteiger partial charge on any atom is -0.493 e. The third-order valence-electron chi connectivity index (χ3n) is 11.7. The number of pyridine rings is 1. The minimum atomic E-state index is -4.92. The zero-order valence-electron chi connectivity index (χ0n) is 41.2. The molecule has 3 aromatic heterocycles. The standard InChI is InChI=1S/C45H40N10O18S7/c1-22-6-9-34-39(42(22)80(70,71)72)47-43-29(20-46)24(3)38(44(57)55(34)43)53-51-32-14-23(2)30(18-35(32)73-10-4-12-76(58,59)60)49-52-33-15-26(21-56)31(19-36(33)74-11-5-13-77(61,62)63)50-54-45-48-40-37(79(67,68)69)16-25-7-8-27(78(64,65)66)17-28(25)41(40)75-45/h6-9,14-19,56-57H,4-5,10-13,21H2,1-3H3,(H,58,59,60)(H,61,62,63)(H,64,65,66)(H,67,68,69)(H,70,71,72). The second kappa shape index (κ2) is 22.5. The summed E-state index contributed by atoms with van der Waals surface area (Å²) in [6, 6.07) is 14.7. The highest BCUT2D eigenvalue weighted by atomic mass is 32.2. The lowest BCUT2D eigenvalue weighted by Gasteiger charge is -2.12. The third kappa shape index (κ3) is 12.9. The number of aliphatic hydroxyl groups is 1. The van der Waals surface area contributed by atoms with Gasteiger partial charge >= 0.3 is 0 Å². The molecule has 5 aromatic carbocycles. The van der Waals surface area contributed by atoms with E-state index in [9.17, 15) is 80.3 Å². The number of rotatable bonds is 20. The Morgan fingerprint density at radius 2 is 1.38 bits per heavy atom. The number of aliphatic hydroxyl groups excluding tert-OH is 1. The van der Waals surface area contributed by atoms with E-state index in [4.69, 9.17) is 4.74 Å². The topological polar surface area (TPSA) is 450 Å². The summed E-state index contributed by atoms with van der Waals surface area (Å²) < 4.78 is 175. The van der Waals surface area contributed by atoms with Crippen molar-refractivity contribution < 1.29 is 79.8 Å². The molecule has 0 atom stereocenters. The van der Waals surface area contributed by atoms with Crippen molar-refractivity contribution in [2.45, 2.75) is 59.8 Å². The second-order valence-corrected chi connectivity index (χ2v) is 26.7. The molecule has 420 valence electrons. The quantitative estimate of drug-likeness (QED) is 0.0162. The molecule has 0 amide bonds. The average molecular weight is 1230 g/mol. The number of hydrogen-bond donors (Lipinski definition) is 7. The molecule has 35 heteroatoms. The summed E-state index contributed by atoms with van der Waals surface area (Å²) in [4.78, 5) is 7.08. The van der Waals surface area contributed by atoms with Gasteiger partial charge in [0, 0.05) is 27.5 Å². The van der Waals surface area contributed by atoms with Crippen LogP contribution >= 0.6 is 23.1 Å². The van der Waals surface area contributed by atoms with Crippen molar-refractivity contribution in [2.75, 3.05) is 23.9 Å². The molecule has 0 aliphatic heterocycles. The van der Waals surface area contributed by atoms with E-state index in [2.05, 4.69) is 40.7 Å². The first kappa shape index (κ1) is 59.1. The molecule has 28 nitrogen and oxygen atoms in total. The highest BCUT2D eigenvalue weighted by Gasteiger charge is 2.27. The van der Waals surface area contributed by atoms with E-state index < -0.39 is 89.3 Å². The van der Waals surface area contributed by atoms with E-state index in [1.807, 2.05) is 6.07 Å². The van der Waals surface area contributed by atoms with Gasteiger partial charge in [-0.25, -0.2) is 9.97 Å². The van der Waals surface area contributed by atoms with Crippen LogP contribution in [-0.2, 0) is 57.2 Å². The van der Waals surface area contributed by atoms with E-state index in [1.165, 1.54) is 56.3 Å². The number of fused-ring (bicyclic) bond motifs is 6. The van der Waals surface area contributed by atoms with Crippen LogP contribution in [0.3, 0.4) is 0 Å². The minimum absolute atomic E-state index is 0.00975. The highest BCUT2D eigenvalue weighted by molar-refractivity contribution is 7.99. The smallest absolute Gasteiger partial charge is 0.297 e. The van der Waals surface area contributed by atoms with Crippen molar-refractivity contribution in [1.29, 1.82) is 5.26 Å². The molecule has 0 spiro atoms. The van der Waals surface area contributed by atoms with Crippen molar-refractivity contribution in [3.05, 3.63) is 88.5 Å². The monoisotopic (exact) mass is 1230 g/mol. The number of thioether (sulfide) groups is 1. The van der Waals surface area contributed by atoms with Crippen LogP contribution in [0.4, 0.5) is 33.6 Å². The number of nitrogens with zero attached hydrogens (tertiary/aromatic N) is 10. The number of aromatic hydroxyl groups is 1. The number of nitriles is 1. The van der Waals surface area contributed by atoms with E-state index >= 15 is 0 Å². The van der Waals surface area contributed by atoms with E-state index in [1.54, 1.807) is 6.92 Å². The summed E-state index contributed by atoms with van der Waals surface area (Å²) >= 11 is 1.78. The van der Waals surface area contributed by atoms with Gasteiger partial charge in [0.05, 0.1) is 56.9 Å². The van der Waals surface area contributed by atoms with Crippen LogP contribution in [0.15, 0.2) is 111 Å². The molecular formula is C45H40N10O18S7. The van der Waals surface area contributed by atoms with Gasteiger partial charge in [-0.1, -0.05) is 23.5 Å². The van der Waals surface area contributed by atoms with Gasteiger partial charge in [0.2, 0.25) is 11.0 Å². The van der Waals surface area contributed by atoms with Gasteiger partial charge < -0.3 is 14.9 Å². The largest absolute Gasteiger partial charge is 0.493 e. The predicted molar refractivity (Wildman–Crippen MR) is 289 cm³/mol. The summed E-state index contributed by atoms with van der Waals surface area (Å²) in [6.45, 7) is 3.40. The molecule has 0 fully saturated rings. The fourth-order valence-corrected chi connectivity index (χ4v) is 13.2. The van der Waals surface area contributed by atoms with E-state index in [0.29, 0.717) is 5.56 Å². The van der Waals surface area contributed by atoms with Crippen molar-refractivity contribution >= 4 is 145 Å². The third-order valence-corrected chi connectivity index (χ3v) is 18.1. The molecule has 80 heavy (non-hydrogen) atoms. The first-order chi connectivity index (χ1) is 37.4. The second-order valence-electron chi connectivity index (χ2n) is 17.3. The van der Waals surface area contributed by atoms with Crippen molar-refractivity contribution in [3.8, 4) is 17.7 Å². The number of azo groups is 3. The Morgan fingerprint density at radius 3 is 2.02 bits per heavy atom. The number of aryl methyl sites for hydroxylation is 2. The van der Waals surface area contributed by atoms with E-state index in [0.717, 1.165) is 45.7 Å². The van der Waals surface area contributed by atoms with E-state index in [-0.39, 0.29) is 129 Å². The summed E-state index contributed by atoms with van der Waals surface area (Å²) in [6.07, 6.45) is -0.274. The maximum Gasteiger partial charge on any atom is 0.297 e.